The van der Waals surface area contributed by atoms with Crippen LogP contribution in [0.2, 0.25) is 5.28 Å². The lowest BCUT2D eigenvalue weighted by molar-refractivity contribution is 0.276. The normalized spacial score (nSPS) is 11.1. The van der Waals surface area contributed by atoms with E-state index < -0.39 is 0 Å². The Labute approximate surface area is 117 Å². The smallest absolute Gasteiger partial charge is 0.224 e. The minimum absolute atomic E-state index is 0.0905. The molecule has 3 heterocycles. The van der Waals surface area contributed by atoms with Crippen molar-refractivity contribution in [2.75, 3.05) is 5.32 Å². The number of anilines is 2. The minimum Gasteiger partial charge on any atom is -0.390 e. The van der Waals surface area contributed by atoms with Crippen LogP contribution in [-0.4, -0.2) is 25.3 Å². The monoisotopic (exact) mass is 295 g/mol. The van der Waals surface area contributed by atoms with Crippen LogP contribution < -0.4 is 5.32 Å². The maximum Gasteiger partial charge on any atom is 0.224 e. The van der Waals surface area contributed by atoms with Gasteiger partial charge in [-0.05, 0) is 24.6 Å². The summed E-state index contributed by atoms with van der Waals surface area (Å²) in [5.74, 6) is 1.19. The SMILES string of the molecule is Cc1cc2nc(Cl)nc(Nc3cc(CO)[nH]n3)c2s1. The highest BCUT2D eigenvalue weighted by molar-refractivity contribution is 7.19. The summed E-state index contributed by atoms with van der Waals surface area (Å²) in [4.78, 5) is 9.49. The summed E-state index contributed by atoms with van der Waals surface area (Å²) in [7, 11) is 0. The predicted octanol–water partition coefficient (Wildman–Crippen LogP) is 2.61. The van der Waals surface area contributed by atoms with E-state index in [0.29, 0.717) is 17.3 Å². The predicted molar refractivity (Wildman–Crippen MR) is 75.0 cm³/mol. The summed E-state index contributed by atoms with van der Waals surface area (Å²) in [5, 5.41) is 19.0. The first-order valence-corrected chi connectivity index (χ1v) is 6.71. The lowest BCUT2D eigenvalue weighted by atomic mass is 10.4. The molecule has 0 aliphatic carbocycles. The molecule has 0 fully saturated rings. The van der Waals surface area contributed by atoms with Gasteiger partial charge in [-0.3, -0.25) is 5.10 Å². The van der Waals surface area contributed by atoms with Gasteiger partial charge in [0.05, 0.1) is 22.5 Å². The summed E-state index contributed by atoms with van der Waals surface area (Å²) in [5.41, 5.74) is 1.43. The highest BCUT2D eigenvalue weighted by Crippen LogP contribution is 2.31. The van der Waals surface area contributed by atoms with Crippen LogP contribution >= 0.6 is 22.9 Å². The molecule has 3 N–H and O–H groups in total. The number of nitrogens with zero attached hydrogens (tertiary/aromatic N) is 3. The molecule has 0 aliphatic rings. The number of aliphatic hydroxyl groups excluding tert-OH is 1. The molecule has 0 amide bonds. The largest absolute Gasteiger partial charge is 0.390 e. The Kier molecular flexibility index (Phi) is 3.09. The highest BCUT2D eigenvalue weighted by atomic mass is 35.5. The fraction of sp³-hybridized carbons (Fsp3) is 0.182. The maximum atomic E-state index is 8.99. The number of halogens is 1. The average Bonchev–Trinajstić information content (AvgIpc) is 2.94. The van der Waals surface area contributed by atoms with Crippen LogP contribution in [0, 0.1) is 6.92 Å². The molecule has 0 spiro atoms. The second-order valence-electron chi connectivity index (χ2n) is 3.97. The summed E-state index contributed by atoms with van der Waals surface area (Å²) in [6, 6.07) is 3.67. The van der Waals surface area contributed by atoms with Crippen LogP contribution in [0.3, 0.4) is 0 Å². The first-order chi connectivity index (χ1) is 9.15. The van der Waals surface area contributed by atoms with Crippen molar-refractivity contribution in [3.63, 3.8) is 0 Å². The highest BCUT2D eigenvalue weighted by Gasteiger charge is 2.11. The lowest BCUT2D eigenvalue weighted by Gasteiger charge is -2.03. The molecule has 3 aromatic heterocycles. The van der Waals surface area contributed by atoms with Gasteiger partial charge in [-0.2, -0.15) is 10.1 Å². The Balaban J connectivity index is 2.03. The van der Waals surface area contributed by atoms with Crippen molar-refractivity contribution in [2.45, 2.75) is 13.5 Å². The zero-order chi connectivity index (χ0) is 13.4. The fourth-order valence-electron chi connectivity index (χ4n) is 1.73. The molecule has 19 heavy (non-hydrogen) atoms. The number of nitrogens with one attached hydrogen (secondary N) is 2. The van der Waals surface area contributed by atoms with Gasteiger partial charge in [-0.15, -0.1) is 11.3 Å². The molecule has 0 atom stereocenters. The molecular formula is C11H10ClN5OS. The molecule has 0 saturated heterocycles. The van der Waals surface area contributed by atoms with Crippen molar-refractivity contribution in [3.05, 3.63) is 28.0 Å². The Bertz CT molecular complexity index is 738. The van der Waals surface area contributed by atoms with E-state index in [1.165, 1.54) is 0 Å². The number of H-pyrrole nitrogens is 1. The van der Waals surface area contributed by atoms with Crippen LogP contribution in [0.25, 0.3) is 10.2 Å². The number of aromatic amines is 1. The van der Waals surface area contributed by atoms with Gasteiger partial charge in [0, 0.05) is 10.9 Å². The topological polar surface area (TPSA) is 86.7 Å². The second-order valence-corrected chi connectivity index (χ2v) is 5.57. The molecule has 0 saturated carbocycles. The third-order valence-corrected chi connectivity index (χ3v) is 3.73. The standard InChI is InChI=1S/C11H10ClN5OS/c1-5-2-7-9(19-5)10(15-11(12)13-7)14-8-3-6(4-18)16-17-8/h2-3,18H,4H2,1H3,(H2,13,14,15,16,17). The van der Waals surface area contributed by atoms with Gasteiger partial charge < -0.3 is 10.4 Å². The molecule has 0 unspecified atom stereocenters. The number of aliphatic hydroxyl groups is 1. The molecule has 0 radical (unpaired) electrons. The van der Waals surface area contributed by atoms with Crippen LogP contribution in [0.5, 0.6) is 0 Å². The van der Waals surface area contributed by atoms with E-state index in [4.69, 9.17) is 16.7 Å². The Morgan fingerprint density at radius 1 is 1.42 bits per heavy atom. The van der Waals surface area contributed by atoms with Crippen LogP contribution in [-0.2, 0) is 6.61 Å². The van der Waals surface area contributed by atoms with Crippen molar-refractivity contribution < 1.29 is 5.11 Å². The van der Waals surface area contributed by atoms with Gasteiger partial charge in [-0.1, -0.05) is 0 Å². The third kappa shape index (κ3) is 2.40. The molecule has 6 nitrogen and oxygen atoms in total. The minimum atomic E-state index is -0.0905. The van der Waals surface area contributed by atoms with Crippen LogP contribution in [0.1, 0.15) is 10.6 Å². The molecule has 98 valence electrons. The molecule has 0 aliphatic heterocycles. The summed E-state index contributed by atoms with van der Waals surface area (Å²) >= 11 is 7.49. The Morgan fingerprint density at radius 2 is 2.26 bits per heavy atom. The lowest BCUT2D eigenvalue weighted by Crippen LogP contribution is -1.95. The van der Waals surface area contributed by atoms with Crippen molar-refractivity contribution in [3.8, 4) is 0 Å². The number of hydrogen-bond acceptors (Lipinski definition) is 6. The van der Waals surface area contributed by atoms with Gasteiger partial charge >= 0.3 is 0 Å². The molecule has 0 aromatic carbocycles. The zero-order valence-corrected chi connectivity index (χ0v) is 11.5. The number of aromatic nitrogens is 4. The van der Waals surface area contributed by atoms with Gasteiger partial charge in [-0.25, -0.2) is 4.98 Å². The first-order valence-electron chi connectivity index (χ1n) is 5.51. The van der Waals surface area contributed by atoms with E-state index >= 15 is 0 Å². The molecule has 3 rings (SSSR count). The molecule has 0 bridgehead atoms. The zero-order valence-electron chi connectivity index (χ0n) is 9.94. The average molecular weight is 296 g/mol. The van der Waals surface area contributed by atoms with E-state index in [2.05, 4.69) is 25.5 Å². The summed E-state index contributed by atoms with van der Waals surface area (Å²) in [6.45, 7) is 1.91. The molecule has 8 heteroatoms. The van der Waals surface area contributed by atoms with Crippen molar-refractivity contribution >= 4 is 44.8 Å². The Hall–Kier alpha value is -1.70. The van der Waals surface area contributed by atoms with Crippen molar-refractivity contribution in [1.29, 1.82) is 0 Å². The van der Waals surface area contributed by atoms with Crippen LogP contribution in [0.4, 0.5) is 11.6 Å². The number of thiophene rings is 1. The van der Waals surface area contributed by atoms with Crippen molar-refractivity contribution in [1.82, 2.24) is 20.2 Å². The van der Waals surface area contributed by atoms with Gasteiger partial charge in [0.15, 0.2) is 11.6 Å². The third-order valence-electron chi connectivity index (χ3n) is 2.52. The van der Waals surface area contributed by atoms with Crippen LogP contribution in [0.15, 0.2) is 12.1 Å². The summed E-state index contributed by atoms with van der Waals surface area (Å²) < 4.78 is 0.926. The fourth-order valence-corrected chi connectivity index (χ4v) is 2.80. The molecular weight excluding hydrogens is 286 g/mol. The van der Waals surface area contributed by atoms with E-state index in [9.17, 15) is 0 Å². The van der Waals surface area contributed by atoms with Gasteiger partial charge in [0.1, 0.15) is 0 Å². The number of aryl methyl sites for hydroxylation is 1. The number of fused-ring (bicyclic) bond motifs is 1. The maximum absolute atomic E-state index is 8.99. The van der Waals surface area contributed by atoms with Crippen molar-refractivity contribution in [2.24, 2.45) is 0 Å². The Morgan fingerprint density at radius 3 is 3.00 bits per heavy atom. The number of hydrogen-bond donors (Lipinski definition) is 3. The summed E-state index contributed by atoms with van der Waals surface area (Å²) in [6.07, 6.45) is 0. The van der Waals surface area contributed by atoms with Gasteiger partial charge in [0.2, 0.25) is 5.28 Å². The molecule has 3 aromatic rings. The first kappa shape index (κ1) is 12.3. The van der Waals surface area contributed by atoms with E-state index in [-0.39, 0.29) is 11.9 Å². The second kappa shape index (κ2) is 4.76. The number of rotatable bonds is 3. The van der Waals surface area contributed by atoms with E-state index in [1.54, 1.807) is 17.4 Å². The van der Waals surface area contributed by atoms with E-state index in [1.807, 2.05) is 13.0 Å². The van der Waals surface area contributed by atoms with Gasteiger partial charge in [0.25, 0.3) is 0 Å². The quantitative estimate of drug-likeness (QED) is 0.647. The van der Waals surface area contributed by atoms with E-state index in [0.717, 1.165) is 15.1 Å².